The van der Waals surface area contributed by atoms with Gasteiger partial charge >= 0.3 is 5.97 Å². The number of methoxy groups -OCH3 is 1. The van der Waals surface area contributed by atoms with E-state index in [0.29, 0.717) is 31.9 Å². The Morgan fingerprint density at radius 3 is 2.37 bits per heavy atom. The molecule has 0 radical (unpaired) electrons. The van der Waals surface area contributed by atoms with Gasteiger partial charge in [0.05, 0.1) is 31.0 Å². The van der Waals surface area contributed by atoms with E-state index in [9.17, 15) is 39.9 Å². The van der Waals surface area contributed by atoms with Gasteiger partial charge in [0.25, 0.3) is 5.91 Å². The van der Waals surface area contributed by atoms with Gasteiger partial charge < -0.3 is 46.1 Å². The number of esters is 1. The number of rotatable bonds is 9. The smallest absolute Gasteiger partial charge is 0.323 e. The molecule has 12 nitrogen and oxygen atoms in total. The molecule has 14 atom stereocenters. The number of nitrogens with one attached hydrogen (secondary N) is 1. The first-order valence-electron chi connectivity index (χ1n) is 17.2. The maximum atomic E-state index is 12.8. The molecule has 1 amide bonds. The fourth-order valence-corrected chi connectivity index (χ4v) is 10.3. The quantitative estimate of drug-likeness (QED) is 0.138. The average molecular weight is 651 g/mol. The minimum atomic E-state index is -2.30. The molecule has 4 saturated carbocycles. The predicted octanol–water partition coefficient (Wildman–Crippen LogP) is 0.977. The van der Waals surface area contributed by atoms with Gasteiger partial charge in [-0.2, -0.15) is 0 Å². The van der Waals surface area contributed by atoms with Crippen molar-refractivity contribution >= 4 is 17.7 Å². The van der Waals surface area contributed by atoms with Crippen molar-refractivity contribution in [1.29, 1.82) is 0 Å². The number of aliphatic hydroxyl groups excluding tert-OH is 4. The number of Topliss-reactive ketones (excluding diaryl/α,β-unsaturated/α-hetero) is 1. The van der Waals surface area contributed by atoms with Crippen molar-refractivity contribution in [3.63, 3.8) is 0 Å². The second-order valence-electron chi connectivity index (χ2n) is 15.0. The third kappa shape index (κ3) is 6.02. The lowest BCUT2D eigenvalue weighted by Gasteiger charge is -2.60. The van der Waals surface area contributed by atoms with Crippen LogP contribution in [0.3, 0.4) is 0 Å². The lowest BCUT2D eigenvalue weighted by atomic mass is 9.48. The van der Waals surface area contributed by atoms with Crippen LogP contribution in [0.2, 0.25) is 0 Å². The zero-order valence-electron chi connectivity index (χ0n) is 27.5. The van der Waals surface area contributed by atoms with Gasteiger partial charge in [0.1, 0.15) is 17.4 Å². The monoisotopic (exact) mass is 650 g/mol. The lowest BCUT2D eigenvalue weighted by molar-refractivity contribution is -0.235. The summed E-state index contributed by atoms with van der Waals surface area (Å²) in [5.74, 6) is -5.00. The van der Waals surface area contributed by atoms with E-state index >= 15 is 0 Å². The van der Waals surface area contributed by atoms with Crippen LogP contribution in [0.15, 0.2) is 11.3 Å². The number of hydrogen-bond donors (Lipinski definition) is 7. The number of amides is 1. The summed E-state index contributed by atoms with van der Waals surface area (Å²) in [5, 5.41) is 60.8. The van der Waals surface area contributed by atoms with Gasteiger partial charge in [0.2, 0.25) is 0 Å². The molecule has 0 spiro atoms. The summed E-state index contributed by atoms with van der Waals surface area (Å²) in [5.41, 5.74) is 2.34. The Kier molecular flexibility index (Phi) is 10.6. The van der Waals surface area contributed by atoms with Crippen LogP contribution < -0.4 is 11.1 Å². The molecule has 0 heterocycles. The van der Waals surface area contributed by atoms with Gasteiger partial charge in [-0.15, -0.1) is 0 Å². The first-order chi connectivity index (χ1) is 21.8. The fraction of sp³-hybridized carbons (Fsp3) is 0.853. The molecule has 5 aliphatic carbocycles. The van der Waals surface area contributed by atoms with Gasteiger partial charge in [-0.25, -0.2) is 0 Å². The predicted molar refractivity (Wildman–Crippen MR) is 166 cm³/mol. The number of hydrogen-bond acceptors (Lipinski definition) is 11. The highest BCUT2D eigenvalue weighted by atomic mass is 16.5. The molecule has 0 aromatic rings. The first-order valence-corrected chi connectivity index (χ1v) is 17.2. The highest BCUT2D eigenvalue weighted by Gasteiger charge is 2.65. The molecule has 4 fully saturated rings. The number of ether oxygens (including phenoxy) is 2. The summed E-state index contributed by atoms with van der Waals surface area (Å²) >= 11 is 0. The van der Waals surface area contributed by atoms with Crippen molar-refractivity contribution < 1.29 is 49.4 Å². The Morgan fingerprint density at radius 1 is 1.02 bits per heavy atom. The molecule has 8 N–H and O–H groups in total. The van der Waals surface area contributed by atoms with E-state index in [4.69, 9.17) is 15.2 Å². The van der Waals surface area contributed by atoms with Crippen molar-refractivity contribution in [2.45, 2.75) is 108 Å². The Balaban J connectivity index is 1.38. The Bertz CT molecular complexity index is 1190. The molecule has 0 bridgehead atoms. The molecule has 0 aromatic carbocycles. The maximum absolute atomic E-state index is 12.8. The lowest BCUT2D eigenvalue weighted by Crippen LogP contribution is -2.68. The van der Waals surface area contributed by atoms with E-state index in [1.807, 2.05) is 13.8 Å². The molecule has 46 heavy (non-hydrogen) atoms. The average Bonchev–Trinajstić information content (AvgIpc) is 2.99. The number of carbonyl (C=O) groups is 3. The van der Waals surface area contributed by atoms with Gasteiger partial charge in [0, 0.05) is 31.3 Å². The van der Waals surface area contributed by atoms with Crippen LogP contribution in [-0.4, -0.2) is 99.5 Å². The molecule has 0 aliphatic heterocycles. The topological polar surface area (TPSA) is 209 Å². The fourth-order valence-electron chi connectivity index (χ4n) is 10.3. The number of fused-ring (bicyclic) bond motifs is 3. The second kappa shape index (κ2) is 13.8. The number of ketones is 1. The van der Waals surface area contributed by atoms with Crippen LogP contribution >= 0.6 is 0 Å². The Morgan fingerprint density at radius 2 is 1.74 bits per heavy atom. The van der Waals surface area contributed by atoms with Crippen LogP contribution in [0.1, 0.15) is 72.1 Å². The van der Waals surface area contributed by atoms with Crippen LogP contribution in [0.25, 0.3) is 0 Å². The van der Waals surface area contributed by atoms with Crippen molar-refractivity contribution in [2.75, 3.05) is 20.3 Å². The van der Waals surface area contributed by atoms with E-state index in [0.717, 1.165) is 25.7 Å². The summed E-state index contributed by atoms with van der Waals surface area (Å²) in [6, 6.07) is -0.394. The van der Waals surface area contributed by atoms with E-state index in [1.165, 1.54) is 0 Å². The summed E-state index contributed by atoms with van der Waals surface area (Å²) in [6.45, 7) is 6.78. The number of primary amides is 1. The highest BCUT2D eigenvalue weighted by Crippen LogP contribution is 2.59. The highest BCUT2D eigenvalue weighted by molar-refractivity contribution is 6.20. The molecule has 260 valence electrons. The van der Waals surface area contributed by atoms with E-state index in [1.54, 1.807) is 14.0 Å². The van der Waals surface area contributed by atoms with Gasteiger partial charge in [-0.05, 0) is 93.9 Å². The van der Waals surface area contributed by atoms with Crippen molar-refractivity contribution in [1.82, 2.24) is 5.32 Å². The molecular formula is C34H54N2O10. The number of aliphatic hydroxyl groups is 5. The zero-order chi connectivity index (χ0) is 33.7. The summed E-state index contributed by atoms with van der Waals surface area (Å²) in [6.07, 6.45) is 0.839. The Hall–Kier alpha value is -2.09. The number of nitrogens with two attached hydrogens (primary N) is 1. The third-order valence-electron chi connectivity index (χ3n) is 12.4. The van der Waals surface area contributed by atoms with Crippen molar-refractivity contribution in [2.24, 2.45) is 59.0 Å². The molecule has 0 saturated heterocycles. The van der Waals surface area contributed by atoms with Gasteiger partial charge in [-0.1, -0.05) is 13.8 Å². The van der Waals surface area contributed by atoms with E-state index < -0.39 is 70.7 Å². The van der Waals surface area contributed by atoms with Gasteiger partial charge in [-0.3, -0.25) is 14.4 Å². The normalized spacial score (nSPS) is 43.4. The van der Waals surface area contributed by atoms with Crippen molar-refractivity contribution in [3.8, 4) is 0 Å². The minimum Gasteiger partial charge on any atom is -0.508 e. The van der Waals surface area contributed by atoms with Crippen LogP contribution in [0.5, 0.6) is 0 Å². The second-order valence-corrected chi connectivity index (χ2v) is 15.0. The largest absolute Gasteiger partial charge is 0.508 e. The molecule has 5 rings (SSSR count). The molecular weight excluding hydrogens is 596 g/mol. The Labute approximate surface area is 271 Å². The van der Waals surface area contributed by atoms with Crippen molar-refractivity contribution in [3.05, 3.63) is 11.3 Å². The molecule has 0 aromatic heterocycles. The van der Waals surface area contributed by atoms with E-state index in [2.05, 4.69) is 5.32 Å². The maximum Gasteiger partial charge on any atom is 0.323 e. The first kappa shape index (κ1) is 35.2. The number of carbonyl (C=O) groups excluding carboxylic acids is 3. The van der Waals surface area contributed by atoms with Crippen LogP contribution in [0.4, 0.5) is 0 Å². The van der Waals surface area contributed by atoms with Crippen LogP contribution in [-0.2, 0) is 23.9 Å². The van der Waals surface area contributed by atoms with Crippen LogP contribution in [0, 0.1) is 53.3 Å². The summed E-state index contributed by atoms with van der Waals surface area (Å²) in [7, 11) is 1.73. The SMILES string of the molecule is CCOC(=O)C(NCC1CCC(OC)C(C2CCC(O)C3C(O)C4C(O)[C@]5(O)C(O)=C(C(N)=O)C(=O)C[C@@H]5C[C@@H]4CC23)C1)C(C)C. The zero-order valence-corrected chi connectivity index (χ0v) is 27.5. The van der Waals surface area contributed by atoms with E-state index in [-0.39, 0.29) is 54.5 Å². The molecule has 5 aliphatic rings. The minimum absolute atomic E-state index is 0.00488. The standard InChI is InChI=1S/C34H54N2O10/c1-5-46-33(43)28(15(2)3)36-14-16-6-9-24(45-4)20(10-16)19-7-8-22(37)26-21(19)12-17-11-18-13-23(38)27(32(35)42)31(41)34(18,44)30(40)25(17)29(26)39/h15-22,24-26,28-30,36-37,39-41,44H,5-14H2,1-4H3,(H2,35,42)/t16?,17-,18+,19?,20?,21?,22?,24?,25?,26?,28?,29?,30?,34+/m1/s1. The summed E-state index contributed by atoms with van der Waals surface area (Å²) in [4.78, 5) is 37.3. The molecule has 11 unspecified atom stereocenters. The third-order valence-corrected chi connectivity index (χ3v) is 12.4. The molecule has 12 heteroatoms. The summed E-state index contributed by atoms with van der Waals surface area (Å²) < 4.78 is 11.3. The van der Waals surface area contributed by atoms with Gasteiger partial charge in [0.15, 0.2) is 11.4 Å².